The molecule has 0 aliphatic carbocycles. The number of amides is 1. The summed E-state index contributed by atoms with van der Waals surface area (Å²) >= 11 is 6.70. The highest BCUT2D eigenvalue weighted by atomic mass is 35.5. The van der Waals surface area contributed by atoms with Crippen LogP contribution in [0.2, 0.25) is 5.02 Å². The number of carbonyl (C=O) groups excluding carboxylic acids is 1. The van der Waals surface area contributed by atoms with Gasteiger partial charge in [0.2, 0.25) is 5.91 Å². The molecule has 2 aliphatic rings. The SMILES string of the molecule is C=CC(=O)N1CC2CN(C)c3c(c4cc(F)c(-c5cccc6cccc(Cl)c56)nc4n(-c4c(C)ccnc4C(C)C)c3=O)N2CC1C. The lowest BCUT2D eigenvalue weighted by Crippen LogP contribution is -2.64. The molecule has 0 radical (unpaired) electrons. The minimum Gasteiger partial charge on any atom is -0.366 e. The van der Waals surface area contributed by atoms with Crippen molar-refractivity contribution in [2.24, 2.45) is 0 Å². The van der Waals surface area contributed by atoms with Gasteiger partial charge < -0.3 is 14.7 Å². The summed E-state index contributed by atoms with van der Waals surface area (Å²) in [4.78, 5) is 43.4. The summed E-state index contributed by atoms with van der Waals surface area (Å²) in [5.74, 6) is -0.661. The molecule has 1 fully saturated rings. The monoisotopic (exact) mass is 650 g/mol. The fraction of sp³-hybridized carbons (Fsp3) is 0.297. The number of halogens is 2. The normalized spacial score (nSPS) is 17.7. The summed E-state index contributed by atoms with van der Waals surface area (Å²) in [7, 11) is 1.88. The standard InChI is InChI=1S/C37H36ClFN6O2/c1-7-29(46)43-19-24-18-42(6)35-34(44(24)17-22(43)5)26-16-28(39)32(25-12-8-10-23-11-9-13-27(38)30(23)25)41-36(26)45(37(35)47)33-21(4)14-15-40-31(33)20(2)3/h7-16,20,22,24H,1,17-19H2,2-6H3. The summed E-state index contributed by atoms with van der Waals surface area (Å²) in [5.41, 5.74) is 4.05. The number of rotatable bonds is 4. The number of hydrogen-bond donors (Lipinski definition) is 0. The second-order valence-corrected chi connectivity index (χ2v) is 13.3. The van der Waals surface area contributed by atoms with Crippen molar-refractivity contribution in [2.45, 2.75) is 45.7 Å². The van der Waals surface area contributed by atoms with E-state index in [1.165, 1.54) is 12.1 Å². The smallest absolute Gasteiger partial charge is 0.282 e. The quantitative estimate of drug-likeness (QED) is 0.198. The van der Waals surface area contributed by atoms with Gasteiger partial charge in [-0.3, -0.25) is 19.1 Å². The molecule has 1 amide bonds. The number of fused-ring (bicyclic) bond motifs is 6. The van der Waals surface area contributed by atoms with Crippen molar-refractivity contribution >= 4 is 50.7 Å². The molecule has 3 aromatic heterocycles. The highest BCUT2D eigenvalue weighted by Gasteiger charge is 2.41. The molecule has 2 unspecified atom stereocenters. The molecular formula is C37H36ClFN6O2. The van der Waals surface area contributed by atoms with Gasteiger partial charge in [0.05, 0.1) is 23.1 Å². The second-order valence-electron chi connectivity index (χ2n) is 12.9. The summed E-state index contributed by atoms with van der Waals surface area (Å²) in [6.45, 7) is 13.1. The number of carbonyl (C=O) groups is 1. The zero-order chi connectivity index (χ0) is 33.3. The lowest BCUT2D eigenvalue weighted by molar-refractivity contribution is -0.128. The van der Waals surface area contributed by atoms with Gasteiger partial charge in [0.25, 0.3) is 5.56 Å². The first kappa shape index (κ1) is 30.9. The van der Waals surface area contributed by atoms with Crippen LogP contribution in [0.3, 0.4) is 0 Å². The molecule has 240 valence electrons. The van der Waals surface area contributed by atoms with Crippen molar-refractivity contribution < 1.29 is 9.18 Å². The number of nitrogens with zero attached hydrogens (tertiary/aromatic N) is 6. The van der Waals surface area contributed by atoms with E-state index in [2.05, 4.69) is 11.5 Å². The number of benzene rings is 2. The Hall–Kier alpha value is -4.76. The number of piperazine rings is 1. The fourth-order valence-electron chi connectivity index (χ4n) is 7.36. The van der Waals surface area contributed by atoms with Gasteiger partial charge in [-0.05, 0) is 55.0 Å². The molecule has 7 rings (SSSR count). The van der Waals surface area contributed by atoms with Crippen molar-refractivity contribution in [2.75, 3.05) is 36.5 Å². The zero-order valence-electron chi connectivity index (χ0n) is 27.1. The van der Waals surface area contributed by atoms with Crippen LogP contribution in [0.4, 0.5) is 15.8 Å². The van der Waals surface area contributed by atoms with E-state index in [0.29, 0.717) is 63.7 Å². The summed E-state index contributed by atoms with van der Waals surface area (Å²) in [6.07, 6.45) is 3.09. The van der Waals surface area contributed by atoms with Crippen molar-refractivity contribution in [3.8, 4) is 16.9 Å². The predicted octanol–water partition coefficient (Wildman–Crippen LogP) is 6.87. The third-order valence-corrected chi connectivity index (χ3v) is 9.85. The molecule has 8 nitrogen and oxygen atoms in total. The Labute approximate surface area is 277 Å². The Bertz CT molecular complexity index is 2170. The van der Waals surface area contributed by atoms with Gasteiger partial charge in [0, 0.05) is 60.3 Å². The van der Waals surface area contributed by atoms with Crippen LogP contribution in [0, 0.1) is 12.7 Å². The third-order valence-electron chi connectivity index (χ3n) is 9.54. The average Bonchev–Trinajstić information content (AvgIpc) is 3.04. The van der Waals surface area contributed by atoms with E-state index >= 15 is 4.39 Å². The van der Waals surface area contributed by atoms with Crippen LogP contribution in [0.15, 0.2) is 72.2 Å². The Kier molecular flexibility index (Phi) is 7.55. The largest absolute Gasteiger partial charge is 0.366 e. The van der Waals surface area contributed by atoms with Gasteiger partial charge in [-0.1, -0.05) is 62.4 Å². The Morgan fingerprint density at radius 3 is 2.55 bits per heavy atom. The Morgan fingerprint density at radius 2 is 1.83 bits per heavy atom. The van der Waals surface area contributed by atoms with Crippen LogP contribution in [0.25, 0.3) is 38.8 Å². The molecule has 47 heavy (non-hydrogen) atoms. The lowest BCUT2D eigenvalue weighted by atomic mass is 9.97. The van der Waals surface area contributed by atoms with Crippen LogP contribution in [0.5, 0.6) is 0 Å². The number of pyridine rings is 3. The van der Waals surface area contributed by atoms with E-state index in [0.717, 1.165) is 16.6 Å². The molecule has 10 heteroatoms. The van der Waals surface area contributed by atoms with E-state index in [-0.39, 0.29) is 35.2 Å². The molecular weight excluding hydrogens is 615 g/mol. The van der Waals surface area contributed by atoms with Gasteiger partial charge >= 0.3 is 0 Å². The highest BCUT2D eigenvalue weighted by Crippen LogP contribution is 2.43. The summed E-state index contributed by atoms with van der Waals surface area (Å²) in [6, 6.07) is 14.3. The van der Waals surface area contributed by atoms with Gasteiger partial charge in [-0.15, -0.1) is 0 Å². The van der Waals surface area contributed by atoms with Crippen LogP contribution < -0.4 is 15.4 Å². The Balaban J connectivity index is 1.59. The topological polar surface area (TPSA) is 74.6 Å². The maximum absolute atomic E-state index is 16.7. The van der Waals surface area contributed by atoms with Crippen molar-refractivity contribution in [3.05, 3.63) is 99.8 Å². The van der Waals surface area contributed by atoms with E-state index in [9.17, 15) is 9.59 Å². The van der Waals surface area contributed by atoms with Crippen LogP contribution in [-0.4, -0.2) is 64.1 Å². The van der Waals surface area contributed by atoms with Crippen molar-refractivity contribution in [1.29, 1.82) is 0 Å². The molecule has 5 heterocycles. The number of aryl methyl sites for hydroxylation is 1. The molecule has 1 saturated heterocycles. The molecule has 0 N–H and O–H groups in total. The number of anilines is 2. The number of likely N-dealkylation sites (N-methyl/N-ethyl adjacent to an activating group) is 1. The molecule has 5 aromatic rings. The first-order valence-electron chi connectivity index (χ1n) is 15.8. The predicted molar refractivity (Wildman–Crippen MR) is 188 cm³/mol. The molecule has 2 atom stereocenters. The van der Waals surface area contributed by atoms with E-state index in [1.54, 1.807) is 16.8 Å². The van der Waals surface area contributed by atoms with Gasteiger partial charge in [-0.25, -0.2) is 9.37 Å². The minimum absolute atomic E-state index is 0.00175. The van der Waals surface area contributed by atoms with Crippen LogP contribution in [-0.2, 0) is 4.79 Å². The first-order valence-corrected chi connectivity index (χ1v) is 16.2. The van der Waals surface area contributed by atoms with E-state index in [4.69, 9.17) is 21.6 Å². The third kappa shape index (κ3) is 4.78. The van der Waals surface area contributed by atoms with E-state index in [1.807, 2.05) is 80.9 Å². The summed E-state index contributed by atoms with van der Waals surface area (Å²) < 4.78 is 18.3. The molecule has 2 aromatic carbocycles. The minimum atomic E-state index is -0.525. The highest BCUT2D eigenvalue weighted by molar-refractivity contribution is 6.36. The maximum atomic E-state index is 16.7. The van der Waals surface area contributed by atoms with Gasteiger partial charge in [-0.2, -0.15) is 0 Å². The first-order chi connectivity index (χ1) is 22.5. The average molecular weight is 651 g/mol. The fourth-order valence-corrected chi connectivity index (χ4v) is 7.65. The van der Waals surface area contributed by atoms with Gasteiger partial charge in [0.1, 0.15) is 17.2 Å². The van der Waals surface area contributed by atoms with Crippen LogP contribution >= 0.6 is 11.6 Å². The van der Waals surface area contributed by atoms with Crippen LogP contribution in [0.1, 0.15) is 37.9 Å². The zero-order valence-corrected chi connectivity index (χ0v) is 27.8. The molecule has 0 saturated carbocycles. The number of aromatic nitrogens is 3. The lowest BCUT2D eigenvalue weighted by Gasteiger charge is -2.51. The molecule has 2 aliphatic heterocycles. The second kappa shape index (κ2) is 11.5. The van der Waals surface area contributed by atoms with E-state index < -0.39 is 5.82 Å². The van der Waals surface area contributed by atoms with Crippen molar-refractivity contribution in [1.82, 2.24) is 19.4 Å². The Morgan fingerprint density at radius 1 is 1.09 bits per heavy atom. The summed E-state index contributed by atoms with van der Waals surface area (Å²) in [5, 5.41) is 2.54. The maximum Gasteiger partial charge on any atom is 0.282 e. The van der Waals surface area contributed by atoms with Crippen molar-refractivity contribution in [3.63, 3.8) is 0 Å². The van der Waals surface area contributed by atoms with Gasteiger partial charge in [0.15, 0.2) is 5.65 Å². The molecule has 0 bridgehead atoms. The number of hydrogen-bond acceptors (Lipinski definition) is 6. The molecule has 0 spiro atoms.